The highest BCUT2D eigenvalue weighted by molar-refractivity contribution is 5.97. The number of phenols is 1. The highest BCUT2D eigenvalue weighted by atomic mass is 19.1. The maximum atomic E-state index is 13.4. The van der Waals surface area contributed by atoms with E-state index in [1.807, 2.05) is 0 Å². The summed E-state index contributed by atoms with van der Waals surface area (Å²) in [6.45, 7) is 0. The topological polar surface area (TPSA) is 86.6 Å². The van der Waals surface area contributed by atoms with E-state index in [2.05, 4.69) is 5.32 Å². The van der Waals surface area contributed by atoms with E-state index in [0.717, 1.165) is 25.0 Å². The number of benzene rings is 1. The van der Waals surface area contributed by atoms with Crippen molar-refractivity contribution in [3.63, 3.8) is 0 Å². The molecule has 3 N–H and O–H groups in total. The van der Waals surface area contributed by atoms with Crippen LogP contribution in [0.15, 0.2) is 18.2 Å². The molecule has 2 rings (SSSR count). The number of nitrogens with one attached hydrogen (secondary N) is 1. The Bertz CT molecular complexity index is 499. The van der Waals surface area contributed by atoms with E-state index in [-0.39, 0.29) is 17.2 Å². The van der Waals surface area contributed by atoms with Crippen LogP contribution in [0.5, 0.6) is 5.75 Å². The highest BCUT2D eigenvalue weighted by Crippen LogP contribution is 2.33. The SMILES string of the molecule is O=C(NC(C(=O)O)C1CC1)c1ccc(O)cc1F. The molecule has 1 aromatic carbocycles. The predicted octanol–water partition coefficient (Wildman–Crippen LogP) is 1.12. The summed E-state index contributed by atoms with van der Waals surface area (Å²) in [7, 11) is 0. The number of halogens is 1. The summed E-state index contributed by atoms with van der Waals surface area (Å²) in [5.74, 6) is -3.16. The average molecular weight is 253 g/mol. The number of hydrogen-bond acceptors (Lipinski definition) is 3. The number of hydrogen-bond donors (Lipinski definition) is 3. The molecule has 1 aliphatic rings. The molecule has 5 nitrogen and oxygen atoms in total. The van der Waals surface area contributed by atoms with E-state index < -0.39 is 23.7 Å². The second kappa shape index (κ2) is 4.64. The Kier molecular flexibility index (Phi) is 3.18. The summed E-state index contributed by atoms with van der Waals surface area (Å²) < 4.78 is 13.4. The van der Waals surface area contributed by atoms with Gasteiger partial charge in [0, 0.05) is 6.07 Å². The maximum Gasteiger partial charge on any atom is 0.326 e. The molecular formula is C12H12FNO4. The fourth-order valence-electron chi connectivity index (χ4n) is 1.72. The Balaban J connectivity index is 2.13. The van der Waals surface area contributed by atoms with Crippen molar-refractivity contribution >= 4 is 11.9 Å². The van der Waals surface area contributed by atoms with Gasteiger partial charge in [-0.25, -0.2) is 9.18 Å². The lowest BCUT2D eigenvalue weighted by atomic mass is 10.1. The molecular weight excluding hydrogens is 241 g/mol. The van der Waals surface area contributed by atoms with Gasteiger partial charge in [0.2, 0.25) is 0 Å². The van der Waals surface area contributed by atoms with Gasteiger partial charge in [0.1, 0.15) is 17.6 Å². The van der Waals surface area contributed by atoms with E-state index in [9.17, 15) is 14.0 Å². The number of rotatable bonds is 4. The van der Waals surface area contributed by atoms with Gasteiger partial charge in [-0.15, -0.1) is 0 Å². The molecule has 1 amide bonds. The Morgan fingerprint density at radius 2 is 2.06 bits per heavy atom. The molecule has 0 spiro atoms. The lowest BCUT2D eigenvalue weighted by molar-refractivity contribution is -0.139. The number of carboxylic acids is 1. The predicted molar refractivity (Wildman–Crippen MR) is 59.7 cm³/mol. The lowest BCUT2D eigenvalue weighted by Gasteiger charge is -2.13. The summed E-state index contributed by atoms with van der Waals surface area (Å²) >= 11 is 0. The smallest absolute Gasteiger partial charge is 0.326 e. The van der Waals surface area contributed by atoms with Crippen molar-refractivity contribution in [3.05, 3.63) is 29.6 Å². The molecule has 96 valence electrons. The van der Waals surface area contributed by atoms with Crippen LogP contribution in [0.25, 0.3) is 0 Å². The van der Waals surface area contributed by atoms with E-state index >= 15 is 0 Å². The number of carbonyl (C=O) groups excluding carboxylic acids is 1. The zero-order valence-electron chi connectivity index (χ0n) is 9.39. The van der Waals surface area contributed by atoms with E-state index in [0.29, 0.717) is 0 Å². The largest absolute Gasteiger partial charge is 0.508 e. The summed E-state index contributed by atoms with van der Waals surface area (Å²) in [6, 6.07) is 2.11. The van der Waals surface area contributed by atoms with Gasteiger partial charge in [0.05, 0.1) is 5.56 Å². The first-order chi connectivity index (χ1) is 8.49. The minimum absolute atomic E-state index is 0.0772. The molecule has 1 unspecified atom stereocenters. The molecule has 1 fully saturated rings. The van der Waals surface area contributed by atoms with Crippen LogP contribution in [0.2, 0.25) is 0 Å². The quantitative estimate of drug-likeness (QED) is 0.750. The number of phenolic OH excluding ortho intramolecular Hbond substituents is 1. The first-order valence-corrected chi connectivity index (χ1v) is 5.51. The average Bonchev–Trinajstić information content (AvgIpc) is 3.08. The molecule has 6 heteroatoms. The van der Waals surface area contributed by atoms with Crippen LogP contribution in [-0.2, 0) is 4.79 Å². The number of carboxylic acid groups (broad SMARTS) is 1. The third-order valence-electron chi connectivity index (χ3n) is 2.84. The van der Waals surface area contributed by atoms with Crippen LogP contribution in [0.1, 0.15) is 23.2 Å². The van der Waals surface area contributed by atoms with Crippen molar-refractivity contribution in [2.75, 3.05) is 0 Å². The van der Waals surface area contributed by atoms with Gasteiger partial charge < -0.3 is 15.5 Å². The molecule has 1 aliphatic carbocycles. The number of carbonyl (C=O) groups is 2. The Labute approximate surface area is 102 Å². The van der Waals surface area contributed by atoms with Crippen molar-refractivity contribution in [2.45, 2.75) is 18.9 Å². The Morgan fingerprint density at radius 1 is 1.39 bits per heavy atom. The zero-order valence-corrected chi connectivity index (χ0v) is 9.39. The van der Waals surface area contributed by atoms with Gasteiger partial charge in [-0.05, 0) is 30.9 Å². The van der Waals surface area contributed by atoms with E-state index in [1.54, 1.807) is 0 Å². The van der Waals surface area contributed by atoms with Crippen LogP contribution in [0, 0.1) is 11.7 Å². The van der Waals surface area contributed by atoms with Gasteiger partial charge in [-0.1, -0.05) is 0 Å². The molecule has 1 saturated carbocycles. The van der Waals surface area contributed by atoms with E-state index in [4.69, 9.17) is 10.2 Å². The van der Waals surface area contributed by atoms with Crippen molar-refractivity contribution < 1.29 is 24.2 Å². The molecule has 0 radical (unpaired) electrons. The maximum absolute atomic E-state index is 13.4. The second-order valence-corrected chi connectivity index (χ2v) is 4.29. The first-order valence-electron chi connectivity index (χ1n) is 5.51. The van der Waals surface area contributed by atoms with Gasteiger partial charge in [0.15, 0.2) is 0 Å². The summed E-state index contributed by atoms with van der Waals surface area (Å²) in [6.07, 6.45) is 1.49. The number of aromatic hydroxyl groups is 1. The fraction of sp³-hybridized carbons (Fsp3) is 0.333. The van der Waals surface area contributed by atoms with Gasteiger partial charge in [-0.2, -0.15) is 0 Å². The van der Waals surface area contributed by atoms with Gasteiger partial charge in [0.25, 0.3) is 5.91 Å². The van der Waals surface area contributed by atoms with Crippen LogP contribution in [0.4, 0.5) is 4.39 Å². The zero-order chi connectivity index (χ0) is 13.3. The third-order valence-corrected chi connectivity index (χ3v) is 2.84. The van der Waals surface area contributed by atoms with Crippen LogP contribution in [-0.4, -0.2) is 28.1 Å². The number of aliphatic carboxylic acids is 1. The lowest BCUT2D eigenvalue weighted by Crippen LogP contribution is -2.42. The standard InChI is InChI=1S/C12H12FNO4/c13-9-5-7(15)3-4-8(9)11(16)14-10(12(17)18)6-1-2-6/h3-6,10,15H,1-2H2,(H,14,16)(H,17,18). The Hall–Kier alpha value is -2.11. The summed E-state index contributed by atoms with van der Waals surface area (Å²) in [5.41, 5.74) is -0.278. The Morgan fingerprint density at radius 3 is 2.56 bits per heavy atom. The third kappa shape index (κ3) is 2.58. The summed E-state index contributed by atoms with van der Waals surface area (Å²) in [5, 5.41) is 20.3. The molecule has 0 aromatic heterocycles. The summed E-state index contributed by atoms with van der Waals surface area (Å²) in [4.78, 5) is 22.7. The van der Waals surface area contributed by atoms with Crippen molar-refractivity contribution in [1.82, 2.24) is 5.32 Å². The second-order valence-electron chi connectivity index (χ2n) is 4.29. The van der Waals surface area contributed by atoms with Crippen molar-refractivity contribution in [3.8, 4) is 5.75 Å². The minimum atomic E-state index is -1.12. The van der Waals surface area contributed by atoms with Crippen LogP contribution < -0.4 is 5.32 Å². The van der Waals surface area contributed by atoms with Crippen LogP contribution >= 0.6 is 0 Å². The van der Waals surface area contributed by atoms with Gasteiger partial charge >= 0.3 is 5.97 Å². The monoisotopic (exact) mass is 253 g/mol. The van der Waals surface area contributed by atoms with Crippen molar-refractivity contribution in [1.29, 1.82) is 0 Å². The van der Waals surface area contributed by atoms with Crippen molar-refractivity contribution in [2.24, 2.45) is 5.92 Å². The van der Waals surface area contributed by atoms with Gasteiger partial charge in [-0.3, -0.25) is 4.79 Å². The molecule has 1 aromatic rings. The minimum Gasteiger partial charge on any atom is -0.508 e. The molecule has 0 saturated heterocycles. The molecule has 0 bridgehead atoms. The molecule has 1 atom stereocenters. The first kappa shape index (κ1) is 12.3. The molecule has 0 aliphatic heterocycles. The highest BCUT2D eigenvalue weighted by Gasteiger charge is 2.37. The number of amides is 1. The van der Waals surface area contributed by atoms with E-state index in [1.165, 1.54) is 6.07 Å². The van der Waals surface area contributed by atoms with Crippen LogP contribution in [0.3, 0.4) is 0 Å². The molecule has 0 heterocycles. The normalized spacial score (nSPS) is 16.1. The molecule has 18 heavy (non-hydrogen) atoms. The fourth-order valence-corrected chi connectivity index (χ4v) is 1.72.